The first-order chi connectivity index (χ1) is 7.36. The second-order valence-corrected chi connectivity index (χ2v) is 6.08. The van der Waals surface area contributed by atoms with E-state index in [-0.39, 0.29) is 11.3 Å². The molecule has 0 aromatic heterocycles. The molecule has 1 unspecified atom stereocenters. The first-order valence-corrected chi connectivity index (χ1v) is 6.35. The molecular formula is C13H26N2O. The maximum absolute atomic E-state index is 12.1. The van der Waals surface area contributed by atoms with Crippen molar-refractivity contribution in [3.8, 4) is 0 Å². The van der Waals surface area contributed by atoms with Crippen molar-refractivity contribution in [3.05, 3.63) is 0 Å². The Morgan fingerprint density at radius 2 is 2.00 bits per heavy atom. The zero-order valence-corrected chi connectivity index (χ0v) is 11.1. The lowest BCUT2D eigenvalue weighted by Crippen LogP contribution is -2.39. The fraction of sp³-hybridized carbons (Fsp3) is 0.923. The van der Waals surface area contributed by atoms with Crippen molar-refractivity contribution in [2.24, 2.45) is 17.1 Å². The van der Waals surface area contributed by atoms with Gasteiger partial charge in [0.1, 0.15) is 0 Å². The molecule has 2 N–H and O–H groups in total. The van der Waals surface area contributed by atoms with E-state index in [1.165, 1.54) is 0 Å². The molecule has 0 heterocycles. The van der Waals surface area contributed by atoms with Crippen LogP contribution >= 0.6 is 0 Å². The molecule has 94 valence electrons. The van der Waals surface area contributed by atoms with Crippen LogP contribution in [-0.4, -0.2) is 29.9 Å². The molecule has 0 aromatic rings. The number of nitrogens with zero attached hydrogens (tertiary/aromatic N) is 1. The highest BCUT2D eigenvalue weighted by Crippen LogP contribution is 2.31. The molecule has 1 fully saturated rings. The highest BCUT2D eigenvalue weighted by atomic mass is 16.2. The van der Waals surface area contributed by atoms with E-state index in [1.54, 1.807) is 0 Å². The third-order valence-electron chi connectivity index (χ3n) is 3.64. The summed E-state index contributed by atoms with van der Waals surface area (Å²) < 4.78 is 0. The Bertz CT molecular complexity index is 241. The molecule has 3 nitrogen and oxygen atoms in total. The van der Waals surface area contributed by atoms with E-state index < -0.39 is 0 Å². The quantitative estimate of drug-likeness (QED) is 0.779. The monoisotopic (exact) mass is 226 g/mol. The van der Waals surface area contributed by atoms with Gasteiger partial charge in [0, 0.05) is 25.6 Å². The number of amides is 1. The summed E-state index contributed by atoms with van der Waals surface area (Å²) in [4.78, 5) is 14.1. The summed E-state index contributed by atoms with van der Waals surface area (Å²) in [6.45, 7) is 10.0. The highest BCUT2D eigenvalue weighted by Gasteiger charge is 2.33. The SMILES string of the molecule is CC(CC(=O)N(CCN)C1CC1)C(C)(C)C. The van der Waals surface area contributed by atoms with E-state index in [9.17, 15) is 4.79 Å². The Morgan fingerprint density at radius 1 is 1.44 bits per heavy atom. The average molecular weight is 226 g/mol. The fourth-order valence-corrected chi connectivity index (χ4v) is 1.72. The lowest BCUT2D eigenvalue weighted by atomic mass is 9.80. The van der Waals surface area contributed by atoms with Crippen LogP contribution in [0.15, 0.2) is 0 Å². The minimum absolute atomic E-state index is 0.202. The Kier molecular flexibility index (Phi) is 4.36. The second-order valence-electron chi connectivity index (χ2n) is 6.08. The van der Waals surface area contributed by atoms with Crippen LogP contribution in [0.4, 0.5) is 0 Å². The first-order valence-electron chi connectivity index (χ1n) is 6.35. The van der Waals surface area contributed by atoms with Crippen molar-refractivity contribution in [3.63, 3.8) is 0 Å². The Labute approximate surface area is 99.4 Å². The van der Waals surface area contributed by atoms with Gasteiger partial charge in [0.15, 0.2) is 0 Å². The predicted molar refractivity (Wildman–Crippen MR) is 67.0 cm³/mol. The molecule has 1 rings (SSSR count). The lowest BCUT2D eigenvalue weighted by Gasteiger charge is -2.30. The number of nitrogens with two attached hydrogens (primary N) is 1. The van der Waals surface area contributed by atoms with Crippen molar-refractivity contribution in [1.29, 1.82) is 0 Å². The summed E-state index contributed by atoms with van der Waals surface area (Å²) in [5, 5.41) is 0. The minimum Gasteiger partial charge on any atom is -0.338 e. The smallest absolute Gasteiger partial charge is 0.223 e. The predicted octanol–water partition coefficient (Wildman–Crippen LogP) is 2.01. The van der Waals surface area contributed by atoms with Crippen LogP contribution in [0.5, 0.6) is 0 Å². The Balaban J connectivity index is 2.48. The van der Waals surface area contributed by atoms with Crippen molar-refractivity contribution < 1.29 is 4.79 Å². The molecular weight excluding hydrogens is 200 g/mol. The standard InChI is InChI=1S/C13H26N2O/c1-10(13(2,3)4)9-12(16)15(8-7-14)11-5-6-11/h10-11H,5-9,14H2,1-4H3. The van der Waals surface area contributed by atoms with Gasteiger partial charge in [-0.2, -0.15) is 0 Å². The minimum atomic E-state index is 0.202. The fourth-order valence-electron chi connectivity index (χ4n) is 1.72. The molecule has 0 radical (unpaired) electrons. The van der Waals surface area contributed by atoms with Crippen molar-refractivity contribution in [2.45, 2.75) is 53.0 Å². The van der Waals surface area contributed by atoms with E-state index >= 15 is 0 Å². The molecule has 0 spiro atoms. The molecule has 1 aliphatic rings. The third-order valence-corrected chi connectivity index (χ3v) is 3.64. The first kappa shape index (κ1) is 13.5. The molecule has 1 amide bonds. The van der Waals surface area contributed by atoms with Crippen LogP contribution in [-0.2, 0) is 4.79 Å². The van der Waals surface area contributed by atoms with Crippen LogP contribution in [0.2, 0.25) is 0 Å². The number of hydrogen-bond donors (Lipinski definition) is 1. The maximum atomic E-state index is 12.1. The summed E-state index contributed by atoms with van der Waals surface area (Å²) in [7, 11) is 0. The number of carbonyl (C=O) groups excluding carboxylic acids is 1. The topological polar surface area (TPSA) is 46.3 Å². The molecule has 1 atom stereocenters. The maximum Gasteiger partial charge on any atom is 0.223 e. The Hall–Kier alpha value is -0.570. The van der Waals surface area contributed by atoms with Gasteiger partial charge in [-0.25, -0.2) is 0 Å². The van der Waals surface area contributed by atoms with Crippen molar-refractivity contribution in [2.75, 3.05) is 13.1 Å². The molecule has 1 aliphatic carbocycles. The van der Waals surface area contributed by atoms with E-state index in [0.29, 0.717) is 24.9 Å². The van der Waals surface area contributed by atoms with E-state index in [0.717, 1.165) is 19.4 Å². The van der Waals surface area contributed by atoms with Gasteiger partial charge in [-0.15, -0.1) is 0 Å². The van der Waals surface area contributed by atoms with Gasteiger partial charge < -0.3 is 10.6 Å². The van der Waals surface area contributed by atoms with Gasteiger partial charge in [0.05, 0.1) is 0 Å². The van der Waals surface area contributed by atoms with Gasteiger partial charge >= 0.3 is 0 Å². The molecule has 3 heteroatoms. The van der Waals surface area contributed by atoms with Crippen LogP contribution in [0, 0.1) is 11.3 Å². The van der Waals surface area contributed by atoms with Crippen LogP contribution < -0.4 is 5.73 Å². The highest BCUT2D eigenvalue weighted by molar-refractivity contribution is 5.77. The van der Waals surface area contributed by atoms with Gasteiger partial charge in [-0.3, -0.25) is 4.79 Å². The molecule has 0 bridgehead atoms. The lowest BCUT2D eigenvalue weighted by molar-refractivity contribution is -0.133. The van der Waals surface area contributed by atoms with Crippen LogP contribution in [0.3, 0.4) is 0 Å². The van der Waals surface area contributed by atoms with E-state index in [1.807, 2.05) is 4.90 Å². The summed E-state index contributed by atoms with van der Waals surface area (Å²) in [6.07, 6.45) is 2.98. The summed E-state index contributed by atoms with van der Waals surface area (Å²) in [5.74, 6) is 0.703. The van der Waals surface area contributed by atoms with Gasteiger partial charge in [0.2, 0.25) is 5.91 Å². The summed E-state index contributed by atoms with van der Waals surface area (Å²) in [5.41, 5.74) is 5.76. The van der Waals surface area contributed by atoms with Crippen LogP contribution in [0.1, 0.15) is 47.0 Å². The molecule has 0 aliphatic heterocycles. The summed E-state index contributed by atoms with van der Waals surface area (Å²) in [6, 6.07) is 0.489. The van der Waals surface area contributed by atoms with Crippen LogP contribution in [0.25, 0.3) is 0 Å². The summed E-state index contributed by atoms with van der Waals surface area (Å²) >= 11 is 0. The largest absolute Gasteiger partial charge is 0.338 e. The molecule has 0 saturated heterocycles. The molecule has 0 aromatic carbocycles. The van der Waals surface area contributed by atoms with Crippen molar-refractivity contribution in [1.82, 2.24) is 4.90 Å². The zero-order valence-electron chi connectivity index (χ0n) is 11.1. The van der Waals surface area contributed by atoms with Crippen molar-refractivity contribution >= 4 is 5.91 Å². The second kappa shape index (κ2) is 5.17. The van der Waals surface area contributed by atoms with E-state index in [4.69, 9.17) is 5.73 Å². The Morgan fingerprint density at radius 3 is 2.38 bits per heavy atom. The molecule has 1 saturated carbocycles. The van der Waals surface area contributed by atoms with Gasteiger partial charge in [0.25, 0.3) is 0 Å². The number of rotatable bonds is 5. The molecule has 16 heavy (non-hydrogen) atoms. The normalized spacial score (nSPS) is 18.3. The van der Waals surface area contributed by atoms with Gasteiger partial charge in [-0.1, -0.05) is 27.7 Å². The van der Waals surface area contributed by atoms with Gasteiger partial charge in [-0.05, 0) is 24.2 Å². The zero-order chi connectivity index (χ0) is 12.3. The third kappa shape index (κ3) is 3.78. The number of carbonyl (C=O) groups is 1. The van der Waals surface area contributed by atoms with E-state index in [2.05, 4.69) is 27.7 Å². The number of hydrogen-bond acceptors (Lipinski definition) is 2. The average Bonchev–Trinajstić information content (AvgIpc) is 2.95.